The van der Waals surface area contributed by atoms with E-state index in [9.17, 15) is 9.59 Å². The van der Waals surface area contributed by atoms with E-state index in [-0.39, 0.29) is 11.8 Å². The average molecular weight is 367 g/mol. The molecule has 0 fully saturated rings. The Morgan fingerprint density at radius 2 is 1.04 bits per heavy atom. The van der Waals surface area contributed by atoms with Crippen molar-refractivity contribution in [2.75, 3.05) is 0 Å². The number of carbonyl (C=O) groups is 2. The monoisotopic (exact) mass is 366 g/mol. The Kier molecular flexibility index (Phi) is 17.3. The summed E-state index contributed by atoms with van der Waals surface area (Å²) in [5.41, 5.74) is 0. The van der Waals surface area contributed by atoms with Crippen LogP contribution in [0.15, 0.2) is 0 Å². The lowest BCUT2D eigenvalue weighted by Crippen LogP contribution is -2.21. The molecule has 0 N–H and O–H groups in total. The first kappa shape index (κ1) is 25.3. The summed E-state index contributed by atoms with van der Waals surface area (Å²) in [7, 11) is 0. The summed E-state index contributed by atoms with van der Waals surface area (Å²) >= 11 is 0. The van der Waals surface area contributed by atoms with Crippen LogP contribution in [0.2, 0.25) is 0 Å². The molecule has 0 aliphatic rings. The van der Waals surface area contributed by atoms with Gasteiger partial charge in [-0.3, -0.25) is 9.59 Å². The molecule has 0 aliphatic heterocycles. The minimum atomic E-state index is 0.0311. The van der Waals surface area contributed by atoms with Gasteiger partial charge in [0.25, 0.3) is 0 Å². The first-order valence-corrected chi connectivity index (χ1v) is 11.6. The maximum absolute atomic E-state index is 12.4. The van der Waals surface area contributed by atoms with Gasteiger partial charge in [0.15, 0.2) is 0 Å². The Morgan fingerprint density at radius 1 is 0.615 bits per heavy atom. The van der Waals surface area contributed by atoms with Crippen LogP contribution in [0.1, 0.15) is 130 Å². The minimum absolute atomic E-state index is 0.0311. The lowest BCUT2D eigenvalue weighted by Gasteiger charge is -2.18. The third-order valence-corrected chi connectivity index (χ3v) is 5.75. The van der Waals surface area contributed by atoms with E-state index in [1.165, 1.54) is 70.6 Å². The van der Waals surface area contributed by atoms with E-state index in [1.807, 2.05) is 6.92 Å². The molecule has 0 saturated carbocycles. The second-order valence-electron chi connectivity index (χ2n) is 8.36. The van der Waals surface area contributed by atoms with Crippen molar-refractivity contribution in [1.29, 1.82) is 0 Å². The topological polar surface area (TPSA) is 34.1 Å². The van der Waals surface area contributed by atoms with Crippen molar-refractivity contribution in [1.82, 2.24) is 0 Å². The fraction of sp³-hybridized carbons (Fsp3) is 0.917. The van der Waals surface area contributed by atoms with Gasteiger partial charge in [0.2, 0.25) is 0 Å². The molecule has 2 unspecified atom stereocenters. The summed E-state index contributed by atoms with van der Waals surface area (Å²) in [5, 5.41) is 0. The van der Waals surface area contributed by atoms with Crippen LogP contribution >= 0.6 is 0 Å². The van der Waals surface area contributed by atoms with E-state index in [2.05, 4.69) is 20.8 Å². The molecular weight excluding hydrogens is 320 g/mol. The van der Waals surface area contributed by atoms with Crippen LogP contribution in [0.25, 0.3) is 0 Å². The van der Waals surface area contributed by atoms with Gasteiger partial charge >= 0.3 is 0 Å². The van der Waals surface area contributed by atoms with E-state index in [0.29, 0.717) is 30.8 Å². The molecule has 0 saturated heterocycles. The summed E-state index contributed by atoms with van der Waals surface area (Å²) in [6.45, 7) is 8.55. The maximum Gasteiger partial charge on any atom is 0.135 e. The molecule has 0 aromatic heterocycles. The molecule has 2 heteroatoms. The third kappa shape index (κ3) is 14.5. The Bertz CT molecular complexity index is 348. The molecular formula is C24H46O2. The predicted molar refractivity (Wildman–Crippen MR) is 114 cm³/mol. The highest BCUT2D eigenvalue weighted by Crippen LogP contribution is 2.21. The highest BCUT2D eigenvalue weighted by molar-refractivity contribution is 5.83. The molecule has 0 aromatic rings. The molecule has 2 nitrogen and oxygen atoms in total. The molecule has 0 rings (SSSR count). The quantitative estimate of drug-likeness (QED) is 0.220. The normalized spacial score (nSPS) is 13.5. The first-order chi connectivity index (χ1) is 12.5. The zero-order valence-corrected chi connectivity index (χ0v) is 18.3. The lowest BCUT2D eigenvalue weighted by molar-refractivity contribution is -0.125. The van der Waals surface area contributed by atoms with Gasteiger partial charge in [-0.25, -0.2) is 0 Å². The number of unbranched alkanes of at least 4 members (excludes halogenated alkanes) is 11. The lowest BCUT2D eigenvalue weighted by atomic mass is 9.85. The second-order valence-corrected chi connectivity index (χ2v) is 8.36. The number of Topliss-reactive ketones (excluding diaryl/α,β-unsaturated/α-hetero) is 2. The molecule has 0 bridgehead atoms. The van der Waals surface area contributed by atoms with Gasteiger partial charge in [-0.1, -0.05) is 98.3 Å². The van der Waals surface area contributed by atoms with Crippen molar-refractivity contribution in [2.24, 2.45) is 11.8 Å². The Labute approximate surface area is 163 Å². The van der Waals surface area contributed by atoms with Gasteiger partial charge in [0, 0.05) is 25.2 Å². The van der Waals surface area contributed by atoms with Gasteiger partial charge in [-0.15, -0.1) is 0 Å². The molecule has 0 spiro atoms. The fourth-order valence-corrected chi connectivity index (χ4v) is 3.54. The fourth-order valence-electron chi connectivity index (χ4n) is 3.54. The Morgan fingerprint density at radius 3 is 1.54 bits per heavy atom. The summed E-state index contributed by atoms with van der Waals surface area (Å²) < 4.78 is 0. The van der Waals surface area contributed by atoms with Crippen LogP contribution in [0, 0.1) is 11.8 Å². The van der Waals surface area contributed by atoms with Crippen LogP contribution in [-0.2, 0) is 9.59 Å². The number of ketones is 2. The SMILES string of the molecule is CCCCCCCCCC(=O)C(C)C(C)CC(=O)CCCCCCCC. The highest BCUT2D eigenvalue weighted by Gasteiger charge is 2.21. The molecule has 0 aromatic carbocycles. The molecule has 2 atom stereocenters. The van der Waals surface area contributed by atoms with Gasteiger partial charge in [-0.05, 0) is 18.8 Å². The van der Waals surface area contributed by atoms with E-state index >= 15 is 0 Å². The second kappa shape index (κ2) is 17.7. The van der Waals surface area contributed by atoms with Gasteiger partial charge in [-0.2, -0.15) is 0 Å². The maximum atomic E-state index is 12.4. The van der Waals surface area contributed by atoms with Crippen LogP contribution in [-0.4, -0.2) is 11.6 Å². The van der Waals surface area contributed by atoms with Gasteiger partial charge in [0.05, 0.1) is 0 Å². The smallest absolute Gasteiger partial charge is 0.135 e. The van der Waals surface area contributed by atoms with Crippen molar-refractivity contribution >= 4 is 11.6 Å². The van der Waals surface area contributed by atoms with Crippen molar-refractivity contribution in [3.63, 3.8) is 0 Å². The molecule has 26 heavy (non-hydrogen) atoms. The molecule has 0 aliphatic carbocycles. The van der Waals surface area contributed by atoms with E-state index in [4.69, 9.17) is 0 Å². The van der Waals surface area contributed by atoms with Crippen molar-refractivity contribution < 1.29 is 9.59 Å². The molecule has 0 radical (unpaired) electrons. The van der Waals surface area contributed by atoms with E-state index in [0.717, 1.165) is 12.8 Å². The number of hydrogen-bond donors (Lipinski definition) is 0. The third-order valence-electron chi connectivity index (χ3n) is 5.75. The zero-order chi connectivity index (χ0) is 19.6. The molecule has 154 valence electrons. The summed E-state index contributed by atoms with van der Waals surface area (Å²) in [6, 6.07) is 0. The number of rotatable bonds is 19. The minimum Gasteiger partial charge on any atom is -0.300 e. The molecule has 0 amide bonds. The summed E-state index contributed by atoms with van der Waals surface area (Å²) in [4.78, 5) is 24.5. The average Bonchev–Trinajstić information content (AvgIpc) is 2.62. The largest absolute Gasteiger partial charge is 0.300 e. The van der Waals surface area contributed by atoms with Crippen LogP contribution in [0.4, 0.5) is 0 Å². The highest BCUT2D eigenvalue weighted by atomic mass is 16.1. The van der Waals surface area contributed by atoms with Crippen LogP contribution < -0.4 is 0 Å². The Balaban J connectivity index is 3.76. The van der Waals surface area contributed by atoms with Crippen molar-refractivity contribution in [3.8, 4) is 0 Å². The van der Waals surface area contributed by atoms with Crippen LogP contribution in [0.3, 0.4) is 0 Å². The van der Waals surface area contributed by atoms with Crippen molar-refractivity contribution in [2.45, 2.75) is 130 Å². The van der Waals surface area contributed by atoms with Gasteiger partial charge < -0.3 is 0 Å². The Hall–Kier alpha value is -0.660. The summed E-state index contributed by atoms with van der Waals surface area (Å²) in [6.07, 6.45) is 18.0. The number of hydrogen-bond acceptors (Lipinski definition) is 2. The molecule has 0 heterocycles. The van der Waals surface area contributed by atoms with E-state index in [1.54, 1.807) is 0 Å². The van der Waals surface area contributed by atoms with Crippen molar-refractivity contribution in [3.05, 3.63) is 0 Å². The summed E-state index contributed by atoms with van der Waals surface area (Å²) in [5.74, 6) is 0.935. The number of carbonyl (C=O) groups excluding carboxylic acids is 2. The van der Waals surface area contributed by atoms with Gasteiger partial charge in [0.1, 0.15) is 11.6 Å². The van der Waals surface area contributed by atoms with E-state index < -0.39 is 0 Å². The van der Waals surface area contributed by atoms with Crippen LogP contribution in [0.5, 0.6) is 0 Å². The predicted octanol–water partition coefficient (Wildman–Crippen LogP) is 7.68. The first-order valence-electron chi connectivity index (χ1n) is 11.6. The zero-order valence-electron chi connectivity index (χ0n) is 18.3. The standard InChI is InChI=1S/C24H46O2/c1-5-7-9-11-13-15-17-19-24(26)22(4)21(3)20-23(25)18-16-14-12-10-8-6-2/h21-22H,5-20H2,1-4H3.